The van der Waals surface area contributed by atoms with Gasteiger partial charge in [-0.15, -0.1) is 0 Å². The molecule has 3 aromatic rings. The molecule has 0 bridgehead atoms. The van der Waals surface area contributed by atoms with Crippen LogP contribution in [-0.4, -0.2) is 34.0 Å². The Hall–Kier alpha value is -2.99. The van der Waals surface area contributed by atoms with Gasteiger partial charge in [0.25, 0.3) is 0 Å². The van der Waals surface area contributed by atoms with Crippen molar-refractivity contribution in [3.8, 4) is 11.4 Å². The fourth-order valence-electron chi connectivity index (χ4n) is 4.58. The van der Waals surface area contributed by atoms with E-state index in [1.54, 1.807) is 0 Å². The van der Waals surface area contributed by atoms with E-state index >= 15 is 0 Å². The van der Waals surface area contributed by atoms with Gasteiger partial charge in [0.2, 0.25) is 17.6 Å². The number of aromatic nitrogens is 2. The first-order valence-corrected chi connectivity index (χ1v) is 11.9. The van der Waals surface area contributed by atoms with Crippen molar-refractivity contribution >= 4 is 5.91 Å². The first-order valence-electron chi connectivity index (χ1n) is 11.9. The average molecular weight is 447 g/mol. The summed E-state index contributed by atoms with van der Waals surface area (Å²) in [4.78, 5) is 19.9. The van der Waals surface area contributed by atoms with Crippen LogP contribution in [0.2, 0.25) is 0 Å². The smallest absolute Gasteiger partial charge is 0.241 e. The monoisotopic (exact) mass is 446 g/mol. The predicted molar refractivity (Wildman–Crippen MR) is 129 cm³/mol. The van der Waals surface area contributed by atoms with Gasteiger partial charge in [-0.1, -0.05) is 67.0 Å². The fraction of sp³-hybridized carbons (Fsp3) is 0.444. The molecular weight excluding hydrogens is 412 g/mol. The molecule has 1 fully saturated rings. The number of carbonyl (C=O) groups excluding carboxylic acids is 1. The highest BCUT2D eigenvalue weighted by molar-refractivity contribution is 5.79. The summed E-state index contributed by atoms with van der Waals surface area (Å²) in [5.41, 5.74) is 4.56. The van der Waals surface area contributed by atoms with Gasteiger partial charge in [0.1, 0.15) is 0 Å². The highest BCUT2D eigenvalue weighted by atomic mass is 16.5. The first kappa shape index (κ1) is 23.2. The summed E-state index contributed by atoms with van der Waals surface area (Å²) >= 11 is 0. The summed E-state index contributed by atoms with van der Waals surface area (Å²) in [7, 11) is 0. The number of hydrogen-bond acceptors (Lipinski definition) is 5. The average Bonchev–Trinajstić information content (AvgIpc) is 3.27. The number of carbonyl (C=O) groups is 1. The van der Waals surface area contributed by atoms with Crippen molar-refractivity contribution in [1.29, 1.82) is 0 Å². The fourth-order valence-corrected chi connectivity index (χ4v) is 4.58. The van der Waals surface area contributed by atoms with Crippen LogP contribution in [0.4, 0.5) is 0 Å². The lowest BCUT2D eigenvalue weighted by molar-refractivity contribution is -0.127. The Morgan fingerprint density at radius 1 is 1.12 bits per heavy atom. The van der Waals surface area contributed by atoms with Crippen molar-refractivity contribution in [2.75, 3.05) is 13.1 Å². The maximum atomic E-state index is 13.1. The molecule has 0 radical (unpaired) electrons. The molecule has 1 atom stereocenters. The Morgan fingerprint density at radius 2 is 1.88 bits per heavy atom. The lowest BCUT2D eigenvalue weighted by Gasteiger charge is -2.32. The molecule has 33 heavy (non-hydrogen) atoms. The van der Waals surface area contributed by atoms with Crippen molar-refractivity contribution in [2.45, 2.75) is 53.1 Å². The second-order valence-electron chi connectivity index (χ2n) is 9.52. The number of likely N-dealkylation sites (tertiary alicyclic amines) is 1. The lowest BCUT2D eigenvalue weighted by atomic mass is 9.90. The Bertz CT molecular complexity index is 1080. The third-order valence-corrected chi connectivity index (χ3v) is 6.55. The molecule has 1 aliphatic heterocycles. The zero-order valence-corrected chi connectivity index (χ0v) is 20.0. The minimum atomic E-state index is 0.0372. The van der Waals surface area contributed by atoms with Crippen LogP contribution >= 0.6 is 0 Å². The summed E-state index contributed by atoms with van der Waals surface area (Å²) in [6.07, 6.45) is 1.67. The highest BCUT2D eigenvalue weighted by Gasteiger charge is 2.29. The van der Waals surface area contributed by atoms with Crippen molar-refractivity contribution in [3.63, 3.8) is 0 Å². The maximum absolute atomic E-state index is 13.1. The maximum Gasteiger partial charge on any atom is 0.241 e. The summed E-state index contributed by atoms with van der Waals surface area (Å²) in [5.74, 6) is 1.77. The van der Waals surface area contributed by atoms with Crippen molar-refractivity contribution < 1.29 is 9.32 Å². The molecule has 1 N–H and O–H groups in total. The zero-order valence-electron chi connectivity index (χ0n) is 20.0. The van der Waals surface area contributed by atoms with E-state index in [0.717, 1.165) is 31.5 Å². The van der Waals surface area contributed by atoms with Crippen molar-refractivity contribution in [3.05, 3.63) is 71.1 Å². The molecule has 0 aliphatic carbocycles. The van der Waals surface area contributed by atoms with Gasteiger partial charge in [0, 0.05) is 11.5 Å². The molecule has 0 saturated carbocycles. The number of piperidine rings is 1. The Morgan fingerprint density at radius 3 is 2.58 bits per heavy atom. The molecule has 1 saturated heterocycles. The second-order valence-corrected chi connectivity index (χ2v) is 9.52. The van der Waals surface area contributed by atoms with E-state index in [-0.39, 0.29) is 17.9 Å². The third-order valence-electron chi connectivity index (χ3n) is 6.55. The lowest BCUT2D eigenvalue weighted by Crippen LogP contribution is -2.42. The zero-order chi connectivity index (χ0) is 23.4. The minimum Gasteiger partial charge on any atom is -0.349 e. The molecule has 174 valence electrons. The minimum absolute atomic E-state index is 0.0372. The highest BCUT2D eigenvalue weighted by Crippen LogP contribution is 2.27. The van der Waals surface area contributed by atoms with Crippen LogP contribution in [0.25, 0.3) is 11.4 Å². The molecule has 2 heterocycles. The van der Waals surface area contributed by atoms with Gasteiger partial charge < -0.3 is 9.84 Å². The molecule has 0 spiro atoms. The number of amides is 1. The SMILES string of the molecule is Cc1cccc(-c2noc(CN3CCC(C(=O)NC(c4ccccc4C)C(C)C)CC3)n2)c1. The third kappa shape index (κ3) is 5.69. The number of benzene rings is 2. The molecule has 6 heteroatoms. The van der Waals surface area contributed by atoms with Gasteiger partial charge in [0.15, 0.2) is 0 Å². The van der Waals surface area contributed by atoms with Crippen molar-refractivity contribution in [1.82, 2.24) is 20.4 Å². The van der Waals surface area contributed by atoms with Gasteiger partial charge in [0.05, 0.1) is 12.6 Å². The van der Waals surface area contributed by atoms with E-state index in [1.165, 1.54) is 16.7 Å². The predicted octanol–water partition coefficient (Wildman–Crippen LogP) is 5.08. The molecule has 1 aromatic heterocycles. The Labute approximate surface area is 196 Å². The van der Waals surface area contributed by atoms with Crippen LogP contribution in [0, 0.1) is 25.7 Å². The number of hydrogen-bond donors (Lipinski definition) is 1. The molecule has 4 rings (SSSR count). The van der Waals surface area contributed by atoms with Gasteiger partial charge in [-0.05, 0) is 62.9 Å². The Balaban J connectivity index is 1.31. The molecular formula is C27H34N4O2. The molecule has 1 unspecified atom stereocenters. The van der Waals surface area contributed by atoms with E-state index in [0.29, 0.717) is 24.2 Å². The van der Waals surface area contributed by atoms with Crippen LogP contribution < -0.4 is 5.32 Å². The van der Waals surface area contributed by atoms with E-state index in [2.05, 4.69) is 72.3 Å². The van der Waals surface area contributed by atoms with Crippen LogP contribution in [0.1, 0.15) is 55.3 Å². The second kappa shape index (κ2) is 10.3. The Kier molecular flexibility index (Phi) is 7.23. The molecule has 1 aliphatic rings. The van der Waals surface area contributed by atoms with Gasteiger partial charge in [-0.2, -0.15) is 4.98 Å². The van der Waals surface area contributed by atoms with E-state index in [4.69, 9.17) is 4.52 Å². The van der Waals surface area contributed by atoms with E-state index in [9.17, 15) is 4.79 Å². The van der Waals surface area contributed by atoms with Gasteiger partial charge >= 0.3 is 0 Å². The topological polar surface area (TPSA) is 71.3 Å². The molecule has 2 aromatic carbocycles. The van der Waals surface area contributed by atoms with Crippen LogP contribution in [0.3, 0.4) is 0 Å². The van der Waals surface area contributed by atoms with E-state index in [1.807, 2.05) is 24.3 Å². The molecule has 1 amide bonds. The molecule has 6 nitrogen and oxygen atoms in total. The van der Waals surface area contributed by atoms with Gasteiger partial charge in [-0.25, -0.2) is 0 Å². The largest absolute Gasteiger partial charge is 0.349 e. The number of nitrogens with one attached hydrogen (secondary N) is 1. The first-order chi connectivity index (χ1) is 15.9. The summed E-state index contributed by atoms with van der Waals surface area (Å²) < 4.78 is 5.49. The van der Waals surface area contributed by atoms with E-state index < -0.39 is 0 Å². The quantitative estimate of drug-likeness (QED) is 0.548. The summed E-state index contributed by atoms with van der Waals surface area (Å²) in [6.45, 7) is 10.8. The van der Waals surface area contributed by atoms with Crippen LogP contribution in [0.5, 0.6) is 0 Å². The number of rotatable bonds is 7. The van der Waals surface area contributed by atoms with Crippen molar-refractivity contribution in [2.24, 2.45) is 11.8 Å². The summed E-state index contributed by atoms with van der Waals surface area (Å²) in [5, 5.41) is 7.48. The van der Waals surface area contributed by atoms with Crippen LogP contribution in [-0.2, 0) is 11.3 Å². The van der Waals surface area contributed by atoms with Gasteiger partial charge in [-0.3, -0.25) is 9.69 Å². The standard InChI is InChI=1S/C27H34N4O2/c1-18(2)25(23-11-6-5-9-20(23)4)29-27(32)21-12-14-31(15-13-21)17-24-28-26(30-33-24)22-10-7-8-19(3)16-22/h5-11,16,18,21,25H,12-15,17H2,1-4H3,(H,29,32). The normalized spacial score (nSPS) is 16.2. The van der Waals surface area contributed by atoms with Crippen LogP contribution in [0.15, 0.2) is 53.1 Å². The summed E-state index contributed by atoms with van der Waals surface area (Å²) in [6, 6.07) is 16.5. The number of aryl methyl sites for hydroxylation is 2. The number of nitrogens with zero attached hydrogens (tertiary/aromatic N) is 3.